The third-order valence-corrected chi connectivity index (χ3v) is 4.05. The van der Waals surface area contributed by atoms with Gasteiger partial charge in [0.2, 0.25) is 5.91 Å². The van der Waals surface area contributed by atoms with Crippen molar-refractivity contribution in [1.29, 1.82) is 0 Å². The fourth-order valence-corrected chi connectivity index (χ4v) is 2.86. The standard InChI is InChI=1S/C17H22N4O/c1-13(2)10-17(22)20-9-8-15(11-20)21-12-16(18-19-21)14-6-4-3-5-7-14/h3-7,12-13,15H,8-11H2,1-2H3. The average molecular weight is 298 g/mol. The molecule has 0 bridgehead atoms. The zero-order valence-corrected chi connectivity index (χ0v) is 13.1. The Morgan fingerprint density at radius 1 is 1.32 bits per heavy atom. The lowest BCUT2D eigenvalue weighted by Gasteiger charge is -2.17. The molecule has 2 heterocycles. The Labute approximate surface area is 130 Å². The SMILES string of the molecule is CC(C)CC(=O)N1CCC(n2cc(-c3ccccc3)nn2)C1. The van der Waals surface area contributed by atoms with Crippen LogP contribution in [0, 0.1) is 5.92 Å². The van der Waals surface area contributed by atoms with Crippen molar-refractivity contribution in [2.75, 3.05) is 13.1 Å². The van der Waals surface area contributed by atoms with Crippen molar-refractivity contribution >= 4 is 5.91 Å². The molecule has 0 N–H and O–H groups in total. The molecular formula is C17H22N4O. The zero-order chi connectivity index (χ0) is 15.5. The first-order valence-corrected chi connectivity index (χ1v) is 7.88. The summed E-state index contributed by atoms with van der Waals surface area (Å²) in [5, 5.41) is 8.52. The quantitative estimate of drug-likeness (QED) is 0.872. The van der Waals surface area contributed by atoms with E-state index in [1.165, 1.54) is 0 Å². The maximum Gasteiger partial charge on any atom is 0.222 e. The molecule has 0 aliphatic carbocycles. The topological polar surface area (TPSA) is 51.0 Å². The normalized spacial score (nSPS) is 18.1. The molecule has 3 rings (SSSR count). The number of carbonyl (C=O) groups is 1. The summed E-state index contributed by atoms with van der Waals surface area (Å²) < 4.78 is 1.91. The van der Waals surface area contributed by atoms with Gasteiger partial charge in [-0.3, -0.25) is 4.79 Å². The van der Waals surface area contributed by atoms with E-state index in [9.17, 15) is 4.79 Å². The van der Waals surface area contributed by atoms with E-state index in [0.29, 0.717) is 12.3 Å². The van der Waals surface area contributed by atoms with E-state index in [1.54, 1.807) is 0 Å². The van der Waals surface area contributed by atoms with E-state index in [2.05, 4.69) is 24.2 Å². The van der Waals surface area contributed by atoms with Gasteiger partial charge in [0.1, 0.15) is 5.69 Å². The summed E-state index contributed by atoms with van der Waals surface area (Å²) in [6, 6.07) is 10.3. The van der Waals surface area contributed by atoms with Crippen LogP contribution in [0.15, 0.2) is 36.5 Å². The smallest absolute Gasteiger partial charge is 0.222 e. The monoisotopic (exact) mass is 298 g/mol. The first-order valence-electron chi connectivity index (χ1n) is 7.88. The van der Waals surface area contributed by atoms with E-state index in [-0.39, 0.29) is 11.9 Å². The predicted octanol–water partition coefficient (Wildman–Crippen LogP) is 2.76. The van der Waals surface area contributed by atoms with Crippen molar-refractivity contribution < 1.29 is 4.79 Å². The predicted molar refractivity (Wildman–Crippen MR) is 85.1 cm³/mol. The van der Waals surface area contributed by atoms with Crippen LogP contribution in [0.3, 0.4) is 0 Å². The van der Waals surface area contributed by atoms with Crippen LogP contribution in [0.4, 0.5) is 0 Å². The highest BCUT2D eigenvalue weighted by Crippen LogP contribution is 2.24. The first kappa shape index (κ1) is 14.8. The number of likely N-dealkylation sites (tertiary alicyclic amines) is 1. The molecule has 22 heavy (non-hydrogen) atoms. The number of carbonyl (C=O) groups excluding carboxylic acids is 1. The summed E-state index contributed by atoms with van der Waals surface area (Å²) in [5.41, 5.74) is 1.95. The van der Waals surface area contributed by atoms with E-state index in [0.717, 1.165) is 30.8 Å². The molecule has 0 spiro atoms. The molecule has 0 radical (unpaired) electrons. The molecule has 116 valence electrons. The van der Waals surface area contributed by atoms with Gasteiger partial charge in [0.05, 0.1) is 12.2 Å². The van der Waals surface area contributed by atoms with Crippen molar-refractivity contribution in [2.45, 2.75) is 32.7 Å². The number of rotatable bonds is 4. The molecule has 5 nitrogen and oxygen atoms in total. The van der Waals surface area contributed by atoms with Crippen LogP contribution in [0.25, 0.3) is 11.3 Å². The Hall–Kier alpha value is -2.17. The van der Waals surface area contributed by atoms with E-state index >= 15 is 0 Å². The molecule has 1 aromatic carbocycles. The maximum atomic E-state index is 12.1. The van der Waals surface area contributed by atoms with Crippen LogP contribution in [0.5, 0.6) is 0 Å². The van der Waals surface area contributed by atoms with E-state index in [1.807, 2.05) is 46.1 Å². The Morgan fingerprint density at radius 2 is 2.09 bits per heavy atom. The molecule has 1 aromatic heterocycles. The number of hydrogen-bond acceptors (Lipinski definition) is 3. The Morgan fingerprint density at radius 3 is 2.82 bits per heavy atom. The molecule has 2 aromatic rings. The lowest BCUT2D eigenvalue weighted by molar-refractivity contribution is -0.131. The summed E-state index contributed by atoms with van der Waals surface area (Å²) in [6.45, 7) is 5.71. The van der Waals surface area contributed by atoms with Crippen LogP contribution in [0.2, 0.25) is 0 Å². The highest BCUT2D eigenvalue weighted by atomic mass is 16.2. The minimum atomic E-state index is 0.237. The van der Waals surface area contributed by atoms with Gasteiger partial charge in [-0.25, -0.2) is 4.68 Å². The van der Waals surface area contributed by atoms with Crippen molar-refractivity contribution in [2.24, 2.45) is 5.92 Å². The number of aromatic nitrogens is 3. The molecule has 1 aliphatic heterocycles. The van der Waals surface area contributed by atoms with E-state index < -0.39 is 0 Å². The van der Waals surface area contributed by atoms with Crippen LogP contribution < -0.4 is 0 Å². The third kappa shape index (κ3) is 3.18. The van der Waals surface area contributed by atoms with Gasteiger partial charge < -0.3 is 4.90 Å². The van der Waals surface area contributed by atoms with Crippen molar-refractivity contribution in [3.63, 3.8) is 0 Å². The Bertz CT molecular complexity index is 635. The molecule has 5 heteroatoms. The molecule has 1 fully saturated rings. The third-order valence-electron chi connectivity index (χ3n) is 4.05. The van der Waals surface area contributed by atoms with Crippen molar-refractivity contribution in [3.05, 3.63) is 36.5 Å². The summed E-state index contributed by atoms with van der Waals surface area (Å²) in [6.07, 6.45) is 3.55. The zero-order valence-electron chi connectivity index (χ0n) is 13.1. The van der Waals surface area contributed by atoms with E-state index in [4.69, 9.17) is 0 Å². The minimum Gasteiger partial charge on any atom is -0.340 e. The van der Waals surface area contributed by atoms with Gasteiger partial charge in [-0.1, -0.05) is 49.4 Å². The maximum absolute atomic E-state index is 12.1. The van der Waals surface area contributed by atoms with Gasteiger partial charge in [0.25, 0.3) is 0 Å². The number of nitrogens with zero attached hydrogens (tertiary/aromatic N) is 4. The van der Waals surface area contributed by atoms with Crippen LogP contribution in [-0.2, 0) is 4.79 Å². The number of hydrogen-bond donors (Lipinski definition) is 0. The second-order valence-corrected chi connectivity index (χ2v) is 6.33. The summed E-state index contributed by atoms with van der Waals surface area (Å²) in [4.78, 5) is 14.1. The summed E-state index contributed by atoms with van der Waals surface area (Å²) in [5.74, 6) is 0.656. The fourth-order valence-electron chi connectivity index (χ4n) is 2.86. The molecule has 0 saturated carbocycles. The van der Waals surface area contributed by atoms with Gasteiger partial charge in [0.15, 0.2) is 0 Å². The van der Waals surface area contributed by atoms with Gasteiger partial charge in [-0.15, -0.1) is 5.10 Å². The lowest BCUT2D eigenvalue weighted by Crippen LogP contribution is -2.30. The second-order valence-electron chi connectivity index (χ2n) is 6.33. The summed E-state index contributed by atoms with van der Waals surface area (Å²) in [7, 11) is 0. The van der Waals surface area contributed by atoms with Gasteiger partial charge >= 0.3 is 0 Å². The first-order chi connectivity index (χ1) is 10.6. The minimum absolute atomic E-state index is 0.237. The average Bonchev–Trinajstić information content (AvgIpc) is 3.17. The Kier molecular flexibility index (Phi) is 4.22. The molecule has 1 amide bonds. The van der Waals surface area contributed by atoms with Gasteiger partial charge in [0, 0.05) is 25.1 Å². The molecular weight excluding hydrogens is 276 g/mol. The van der Waals surface area contributed by atoms with Crippen LogP contribution in [0.1, 0.15) is 32.7 Å². The second kappa shape index (κ2) is 6.30. The highest BCUT2D eigenvalue weighted by molar-refractivity contribution is 5.76. The number of benzene rings is 1. The van der Waals surface area contributed by atoms with Gasteiger partial charge in [-0.05, 0) is 12.3 Å². The highest BCUT2D eigenvalue weighted by Gasteiger charge is 2.28. The number of amides is 1. The van der Waals surface area contributed by atoms with Crippen molar-refractivity contribution in [1.82, 2.24) is 19.9 Å². The summed E-state index contributed by atoms with van der Waals surface area (Å²) >= 11 is 0. The largest absolute Gasteiger partial charge is 0.340 e. The van der Waals surface area contributed by atoms with Crippen molar-refractivity contribution in [3.8, 4) is 11.3 Å². The molecule has 1 unspecified atom stereocenters. The lowest BCUT2D eigenvalue weighted by atomic mass is 10.1. The molecule has 1 saturated heterocycles. The molecule has 1 atom stereocenters. The van der Waals surface area contributed by atoms with Gasteiger partial charge in [-0.2, -0.15) is 0 Å². The molecule has 1 aliphatic rings. The Balaban J connectivity index is 1.67. The van der Waals surface area contributed by atoms with Crippen LogP contribution in [-0.4, -0.2) is 38.9 Å². The van der Waals surface area contributed by atoms with Crippen LogP contribution >= 0.6 is 0 Å². The fraction of sp³-hybridized carbons (Fsp3) is 0.471.